The van der Waals surface area contributed by atoms with Crippen molar-refractivity contribution < 1.29 is 0 Å². The first kappa shape index (κ1) is 17.0. The summed E-state index contributed by atoms with van der Waals surface area (Å²) in [6.07, 6.45) is 4.66. The molecule has 6 heteroatoms. The summed E-state index contributed by atoms with van der Waals surface area (Å²) < 4.78 is 1.59. The van der Waals surface area contributed by atoms with Crippen LogP contribution < -0.4 is 11.0 Å². The van der Waals surface area contributed by atoms with Crippen molar-refractivity contribution in [3.8, 4) is 0 Å². The van der Waals surface area contributed by atoms with Crippen LogP contribution in [0.5, 0.6) is 0 Å². The van der Waals surface area contributed by atoms with Gasteiger partial charge in [0.1, 0.15) is 0 Å². The first-order chi connectivity index (χ1) is 13.2. The number of H-pyrrole nitrogens is 1. The molecule has 2 N–H and O–H groups in total. The number of nitrogens with one attached hydrogen (secondary N) is 2. The molecule has 0 radical (unpaired) electrons. The number of hydrogen-bond acceptors (Lipinski definition) is 4. The lowest BCUT2D eigenvalue weighted by Gasteiger charge is -2.10. The van der Waals surface area contributed by atoms with Gasteiger partial charge in [0.15, 0.2) is 0 Å². The Kier molecular flexibility index (Phi) is 4.46. The lowest BCUT2D eigenvalue weighted by molar-refractivity contribution is 0.724. The fourth-order valence-electron chi connectivity index (χ4n) is 3.35. The van der Waals surface area contributed by atoms with Crippen LogP contribution in [0, 0.1) is 0 Å². The van der Waals surface area contributed by atoms with Crippen molar-refractivity contribution in [2.75, 3.05) is 5.43 Å². The average molecular weight is 359 g/mol. The molecule has 6 nitrogen and oxygen atoms in total. The second-order valence-electron chi connectivity index (χ2n) is 6.31. The van der Waals surface area contributed by atoms with Crippen LogP contribution in [-0.4, -0.2) is 20.7 Å². The Labute approximate surface area is 156 Å². The van der Waals surface area contributed by atoms with Gasteiger partial charge in [-0.3, -0.25) is 9.36 Å². The summed E-state index contributed by atoms with van der Waals surface area (Å²) in [6, 6.07) is 13.6. The van der Waals surface area contributed by atoms with E-state index in [1.165, 1.54) is 5.56 Å². The van der Waals surface area contributed by atoms with Crippen molar-refractivity contribution >= 4 is 34.0 Å². The molecule has 0 unspecified atom stereocenters. The molecule has 0 saturated carbocycles. The van der Waals surface area contributed by atoms with Crippen LogP contribution in [0.4, 0.5) is 5.95 Å². The zero-order chi connectivity index (χ0) is 18.8. The number of rotatable bonds is 5. The standard InChI is InChI=1S/C21H21N5O/c1-3-14-8-7-10-16-15(12-22-19(14)16)13-23-25-21-24-18-11-6-5-9-17(18)20(27)26(21)4-2/h5-13,22H,3-4H2,1-2H3,(H,24,25)/b23-13+. The number of fused-ring (bicyclic) bond motifs is 2. The molecule has 0 amide bonds. The minimum atomic E-state index is -0.0690. The highest BCUT2D eigenvalue weighted by Gasteiger charge is 2.09. The Morgan fingerprint density at radius 3 is 2.78 bits per heavy atom. The van der Waals surface area contributed by atoms with Gasteiger partial charge in [0, 0.05) is 29.2 Å². The molecule has 2 aromatic heterocycles. The zero-order valence-electron chi connectivity index (χ0n) is 15.4. The Morgan fingerprint density at radius 2 is 1.96 bits per heavy atom. The number of aromatic amines is 1. The summed E-state index contributed by atoms with van der Waals surface area (Å²) in [5.41, 5.74) is 6.92. The maximum absolute atomic E-state index is 12.6. The highest BCUT2D eigenvalue weighted by Crippen LogP contribution is 2.21. The summed E-state index contributed by atoms with van der Waals surface area (Å²) in [7, 11) is 0. The SMILES string of the molecule is CCc1cccc2c(/C=N/Nc3nc4ccccc4c(=O)n3CC)c[nH]c12. The average Bonchev–Trinajstić information content (AvgIpc) is 3.11. The number of nitrogens with zero attached hydrogens (tertiary/aromatic N) is 3. The van der Waals surface area contributed by atoms with Crippen molar-refractivity contribution in [1.29, 1.82) is 0 Å². The smallest absolute Gasteiger partial charge is 0.262 e. The van der Waals surface area contributed by atoms with Crippen LogP contribution in [0.1, 0.15) is 25.0 Å². The Morgan fingerprint density at radius 1 is 1.15 bits per heavy atom. The maximum Gasteiger partial charge on any atom is 0.262 e. The van der Waals surface area contributed by atoms with Gasteiger partial charge in [0.2, 0.25) is 5.95 Å². The van der Waals surface area contributed by atoms with E-state index in [0.29, 0.717) is 23.4 Å². The third-order valence-corrected chi connectivity index (χ3v) is 4.76. The van der Waals surface area contributed by atoms with Gasteiger partial charge in [0.05, 0.1) is 17.1 Å². The van der Waals surface area contributed by atoms with Gasteiger partial charge in [-0.15, -0.1) is 0 Å². The number of anilines is 1. The summed E-state index contributed by atoms with van der Waals surface area (Å²) in [5.74, 6) is 0.437. The number of hydrogen-bond donors (Lipinski definition) is 2. The van der Waals surface area contributed by atoms with E-state index in [4.69, 9.17) is 0 Å². The molecule has 27 heavy (non-hydrogen) atoms. The molecule has 0 aliphatic rings. The largest absolute Gasteiger partial charge is 0.360 e. The lowest BCUT2D eigenvalue weighted by Crippen LogP contribution is -2.23. The third-order valence-electron chi connectivity index (χ3n) is 4.76. The monoisotopic (exact) mass is 359 g/mol. The van der Waals surface area contributed by atoms with Gasteiger partial charge in [-0.05, 0) is 31.0 Å². The highest BCUT2D eigenvalue weighted by molar-refractivity contribution is 6.00. The third kappa shape index (κ3) is 2.99. The van der Waals surface area contributed by atoms with E-state index in [0.717, 1.165) is 22.9 Å². The molecule has 136 valence electrons. The maximum atomic E-state index is 12.6. The molecule has 2 aromatic carbocycles. The van der Waals surface area contributed by atoms with Crippen LogP contribution in [0.25, 0.3) is 21.8 Å². The van der Waals surface area contributed by atoms with Crippen LogP contribution in [0.2, 0.25) is 0 Å². The number of hydrazone groups is 1. The molecular formula is C21H21N5O. The van der Waals surface area contributed by atoms with E-state index in [1.54, 1.807) is 16.8 Å². The van der Waals surface area contributed by atoms with Gasteiger partial charge >= 0.3 is 0 Å². The van der Waals surface area contributed by atoms with E-state index in [-0.39, 0.29) is 5.56 Å². The van der Waals surface area contributed by atoms with Gasteiger partial charge in [0.25, 0.3) is 5.56 Å². The van der Waals surface area contributed by atoms with Gasteiger partial charge < -0.3 is 4.98 Å². The van der Waals surface area contributed by atoms with Crippen molar-refractivity contribution in [2.24, 2.45) is 5.10 Å². The Hall–Kier alpha value is -3.41. The van der Waals surface area contributed by atoms with E-state index >= 15 is 0 Å². The number of aryl methyl sites for hydroxylation is 1. The summed E-state index contributed by atoms with van der Waals surface area (Å²) in [6.45, 7) is 4.57. The highest BCUT2D eigenvalue weighted by atomic mass is 16.1. The zero-order valence-corrected chi connectivity index (χ0v) is 15.4. The van der Waals surface area contributed by atoms with E-state index in [2.05, 4.69) is 45.6 Å². The second-order valence-corrected chi connectivity index (χ2v) is 6.31. The van der Waals surface area contributed by atoms with E-state index in [9.17, 15) is 4.79 Å². The minimum Gasteiger partial charge on any atom is -0.360 e. The van der Waals surface area contributed by atoms with Gasteiger partial charge in [-0.25, -0.2) is 10.4 Å². The Balaban J connectivity index is 1.69. The fourth-order valence-corrected chi connectivity index (χ4v) is 3.35. The molecule has 0 fully saturated rings. The quantitative estimate of drug-likeness (QED) is 0.419. The Bertz CT molecular complexity index is 1200. The molecule has 0 atom stereocenters. The van der Waals surface area contributed by atoms with E-state index in [1.807, 2.05) is 31.3 Å². The number of benzene rings is 2. The lowest BCUT2D eigenvalue weighted by atomic mass is 10.1. The molecule has 0 spiro atoms. The number of aromatic nitrogens is 3. The molecule has 0 aliphatic carbocycles. The van der Waals surface area contributed by atoms with E-state index < -0.39 is 0 Å². The van der Waals surface area contributed by atoms with Crippen LogP contribution in [0.15, 0.2) is 58.6 Å². The topological polar surface area (TPSA) is 75.1 Å². The predicted molar refractivity (Wildman–Crippen MR) is 111 cm³/mol. The van der Waals surface area contributed by atoms with Gasteiger partial charge in [-0.2, -0.15) is 5.10 Å². The fraction of sp³-hybridized carbons (Fsp3) is 0.190. The van der Waals surface area contributed by atoms with Crippen molar-refractivity contribution in [1.82, 2.24) is 14.5 Å². The first-order valence-electron chi connectivity index (χ1n) is 9.10. The molecule has 0 aliphatic heterocycles. The summed E-state index contributed by atoms with van der Waals surface area (Å²) in [4.78, 5) is 20.5. The second kappa shape index (κ2) is 7.07. The van der Waals surface area contributed by atoms with Crippen LogP contribution >= 0.6 is 0 Å². The first-order valence-corrected chi connectivity index (χ1v) is 9.10. The molecule has 4 rings (SSSR count). The van der Waals surface area contributed by atoms with Crippen molar-refractivity contribution in [3.05, 3.63) is 70.1 Å². The molecular weight excluding hydrogens is 338 g/mol. The number of para-hydroxylation sites is 2. The van der Waals surface area contributed by atoms with Gasteiger partial charge in [-0.1, -0.05) is 37.3 Å². The minimum absolute atomic E-state index is 0.0690. The molecule has 2 heterocycles. The predicted octanol–water partition coefficient (Wildman–Crippen LogP) is 3.91. The normalized spacial score (nSPS) is 11.6. The van der Waals surface area contributed by atoms with Crippen LogP contribution in [-0.2, 0) is 13.0 Å². The van der Waals surface area contributed by atoms with Crippen LogP contribution in [0.3, 0.4) is 0 Å². The molecule has 4 aromatic rings. The molecule has 0 bridgehead atoms. The van der Waals surface area contributed by atoms with Crippen molar-refractivity contribution in [3.63, 3.8) is 0 Å². The van der Waals surface area contributed by atoms with Crippen molar-refractivity contribution in [2.45, 2.75) is 26.8 Å². The summed E-state index contributed by atoms with van der Waals surface area (Å²) in [5, 5.41) is 6.06. The summed E-state index contributed by atoms with van der Waals surface area (Å²) >= 11 is 0. The molecule has 0 saturated heterocycles.